The Hall–Kier alpha value is -3.68. The van der Waals surface area contributed by atoms with E-state index in [4.69, 9.17) is 27.6 Å². The Bertz CT molecular complexity index is 1410. The van der Waals surface area contributed by atoms with E-state index >= 15 is 0 Å². The number of hydrogen-bond donors (Lipinski definition) is 1. The van der Waals surface area contributed by atoms with E-state index in [0.29, 0.717) is 16.0 Å². The van der Waals surface area contributed by atoms with Gasteiger partial charge in [0.15, 0.2) is 0 Å². The fraction of sp³-hybridized carbons (Fsp3) is 0. The second-order valence-corrected chi connectivity index (χ2v) is 7.34. The maximum Gasteiger partial charge on any atom is 0.270 e. The lowest BCUT2D eigenvalue weighted by molar-refractivity contribution is -0.384. The lowest BCUT2D eigenvalue weighted by atomic mass is 10.0. The summed E-state index contributed by atoms with van der Waals surface area (Å²) in [7, 11) is 0. The Balaban J connectivity index is 1.87. The largest absolute Gasteiger partial charge is 0.439 e. The molecule has 0 atom stereocenters. The Morgan fingerprint density at radius 3 is 2.48 bits per heavy atom. The molecule has 154 valence electrons. The second kappa shape index (κ2) is 8.22. The maximum absolute atomic E-state index is 13.2. The van der Waals surface area contributed by atoms with Crippen molar-refractivity contribution in [3.05, 3.63) is 103 Å². The first kappa shape index (κ1) is 20.6. The lowest BCUT2D eigenvalue weighted by Gasteiger charge is -2.12. The first-order chi connectivity index (χ1) is 14.8. The number of hydrogen-bond acceptors (Lipinski definition) is 5. The summed E-state index contributed by atoms with van der Waals surface area (Å²) in [4.78, 5) is 36.4. The van der Waals surface area contributed by atoms with Crippen LogP contribution in [-0.2, 0) is 0 Å². The lowest BCUT2D eigenvalue weighted by Crippen LogP contribution is -2.16. The molecule has 0 spiro atoms. The number of carbonyl (C=O) groups excluding carboxylic acids is 1. The third-order valence-corrected chi connectivity index (χ3v) is 5.29. The van der Waals surface area contributed by atoms with E-state index in [9.17, 15) is 19.7 Å². The molecule has 0 aliphatic carbocycles. The van der Waals surface area contributed by atoms with Gasteiger partial charge in [0.25, 0.3) is 11.6 Å². The highest BCUT2D eigenvalue weighted by Crippen LogP contribution is 2.33. The Kier molecular flexibility index (Phi) is 5.46. The number of nitro benzene ring substituents is 1. The van der Waals surface area contributed by atoms with Gasteiger partial charge in [0.05, 0.1) is 25.9 Å². The summed E-state index contributed by atoms with van der Waals surface area (Å²) >= 11 is 12.1. The standard InChI is InChI=1S/C22H12Cl2N2O5/c23-16-9-8-12(11-17(16)24)19-20(27)15-6-1-2-7-18(15)31-22(19)25-21(28)13-4-3-5-14(10-13)26(29)30/h1-11H,(H,25,28). The molecule has 7 nitrogen and oxygen atoms in total. The zero-order valence-electron chi connectivity index (χ0n) is 15.6. The van der Waals surface area contributed by atoms with Crippen molar-refractivity contribution in [1.29, 1.82) is 0 Å². The number of nitro groups is 1. The van der Waals surface area contributed by atoms with Crippen molar-refractivity contribution in [1.82, 2.24) is 0 Å². The van der Waals surface area contributed by atoms with E-state index in [1.54, 1.807) is 30.3 Å². The van der Waals surface area contributed by atoms with Crippen molar-refractivity contribution in [2.24, 2.45) is 0 Å². The fourth-order valence-corrected chi connectivity index (χ4v) is 3.38. The monoisotopic (exact) mass is 454 g/mol. The van der Waals surface area contributed by atoms with Crippen LogP contribution >= 0.6 is 23.2 Å². The van der Waals surface area contributed by atoms with Gasteiger partial charge >= 0.3 is 0 Å². The number of carbonyl (C=O) groups is 1. The molecule has 4 aromatic rings. The minimum absolute atomic E-state index is 0.0325. The van der Waals surface area contributed by atoms with Gasteiger partial charge in [0.1, 0.15) is 5.58 Å². The molecule has 0 unspecified atom stereocenters. The van der Waals surface area contributed by atoms with E-state index in [1.807, 2.05) is 0 Å². The number of nitrogens with zero attached hydrogens (tertiary/aromatic N) is 1. The number of rotatable bonds is 4. The number of para-hydroxylation sites is 1. The highest BCUT2D eigenvalue weighted by molar-refractivity contribution is 6.42. The molecule has 3 aromatic carbocycles. The van der Waals surface area contributed by atoms with E-state index in [1.165, 1.54) is 30.3 Å². The summed E-state index contributed by atoms with van der Waals surface area (Å²) in [6.45, 7) is 0. The maximum atomic E-state index is 13.2. The Morgan fingerprint density at radius 2 is 1.74 bits per heavy atom. The van der Waals surface area contributed by atoms with Gasteiger partial charge in [-0.25, -0.2) is 0 Å². The van der Waals surface area contributed by atoms with Crippen molar-refractivity contribution >= 4 is 51.6 Å². The van der Waals surface area contributed by atoms with Crippen LogP contribution in [0.15, 0.2) is 75.9 Å². The first-order valence-corrected chi connectivity index (χ1v) is 9.68. The summed E-state index contributed by atoms with van der Waals surface area (Å²) in [6, 6.07) is 16.4. The SMILES string of the molecule is O=C(Nc1oc2ccccc2c(=O)c1-c1ccc(Cl)c(Cl)c1)c1cccc([N+](=O)[O-])c1. The van der Waals surface area contributed by atoms with Crippen LogP contribution in [0, 0.1) is 10.1 Å². The number of halogens is 2. The van der Waals surface area contributed by atoms with Gasteiger partial charge in [-0.05, 0) is 35.9 Å². The van der Waals surface area contributed by atoms with Gasteiger partial charge < -0.3 is 4.42 Å². The van der Waals surface area contributed by atoms with Crippen LogP contribution in [0.5, 0.6) is 0 Å². The minimum Gasteiger partial charge on any atom is -0.439 e. The van der Waals surface area contributed by atoms with Gasteiger partial charge in [-0.15, -0.1) is 0 Å². The smallest absolute Gasteiger partial charge is 0.270 e. The molecule has 0 saturated carbocycles. The van der Waals surface area contributed by atoms with Crippen molar-refractivity contribution in [3.63, 3.8) is 0 Å². The van der Waals surface area contributed by atoms with Gasteiger partial charge in [-0.1, -0.05) is 47.5 Å². The third-order valence-electron chi connectivity index (χ3n) is 4.55. The normalized spacial score (nSPS) is 10.8. The number of nitrogens with one attached hydrogen (secondary N) is 1. The van der Waals surface area contributed by atoms with Crippen LogP contribution in [0.3, 0.4) is 0 Å². The average Bonchev–Trinajstić information content (AvgIpc) is 2.76. The first-order valence-electron chi connectivity index (χ1n) is 8.92. The molecule has 0 fully saturated rings. The molecule has 31 heavy (non-hydrogen) atoms. The quantitative estimate of drug-likeness (QED) is 0.304. The summed E-state index contributed by atoms with van der Waals surface area (Å²) < 4.78 is 5.83. The van der Waals surface area contributed by atoms with Crippen molar-refractivity contribution in [2.75, 3.05) is 5.32 Å². The molecule has 4 rings (SSSR count). The summed E-state index contributed by atoms with van der Waals surface area (Å²) in [5.41, 5.74) is 0.155. The molecule has 1 heterocycles. The van der Waals surface area contributed by atoms with Gasteiger partial charge in [0, 0.05) is 17.7 Å². The van der Waals surface area contributed by atoms with E-state index in [0.717, 1.165) is 6.07 Å². The molecule has 0 saturated heterocycles. The fourth-order valence-electron chi connectivity index (χ4n) is 3.08. The van der Waals surface area contributed by atoms with E-state index < -0.39 is 10.8 Å². The Labute approximate surface area is 185 Å². The number of benzene rings is 3. The molecular weight excluding hydrogens is 443 g/mol. The molecule has 0 radical (unpaired) electrons. The third kappa shape index (κ3) is 4.01. The molecule has 0 aliphatic heterocycles. The van der Waals surface area contributed by atoms with Crippen LogP contribution in [0.1, 0.15) is 10.4 Å². The number of amides is 1. The predicted molar refractivity (Wildman–Crippen MR) is 119 cm³/mol. The second-order valence-electron chi connectivity index (χ2n) is 6.52. The molecule has 1 N–H and O–H groups in total. The highest BCUT2D eigenvalue weighted by Gasteiger charge is 2.20. The summed E-state index contributed by atoms with van der Waals surface area (Å²) in [5.74, 6) is -0.790. The zero-order valence-corrected chi connectivity index (χ0v) is 17.1. The van der Waals surface area contributed by atoms with Crippen LogP contribution in [0.4, 0.5) is 11.6 Å². The van der Waals surface area contributed by atoms with Gasteiger partial charge in [-0.3, -0.25) is 25.0 Å². The molecule has 9 heteroatoms. The zero-order chi connectivity index (χ0) is 22.1. The van der Waals surface area contributed by atoms with Crippen LogP contribution in [-0.4, -0.2) is 10.8 Å². The minimum atomic E-state index is -0.677. The molecule has 1 amide bonds. The molecule has 0 aliphatic rings. The van der Waals surface area contributed by atoms with Gasteiger partial charge in [-0.2, -0.15) is 0 Å². The average molecular weight is 455 g/mol. The van der Waals surface area contributed by atoms with Gasteiger partial charge in [0.2, 0.25) is 11.3 Å². The summed E-state index contributed by atoms with van der Waals surface area (Å²) in [6.07, 6.45) is 0. The van der Waals surface area contributed by atoms with E-state index in [2.05, 4.69) is 5.32 Å². The predicted octanol–water partition coefficient (Wildman–Crippen LogP) is 5.93. The molecule has 0 bridgehead atoms. The van der Waals surface area contributed by atoms with Crippen molar-refractivity contribution in [2.45, 2.75) is 0 Å². The highest BCUT2D eigenvalue weighted by atomic mass is 35.5. The number of anilines is 1. The van der Waals surface area contributed by atoms with Crippen LogP contribution in [0.25, 0.3) is 22.1 Å². The Morgan fingerprint density at radius 1 is 0.968 bits per heavy atom. The van der Waals surface area contributed by atoms with Crippen molar-refractivity contribution < 1.29 is 14.1 Å². The van der Waals surface area contributed by atoms with Crippen LogP contribution < -0.4 is 10.7 Å². The number of fused-ring (bicyclic) bond motifs is 1. The number of non-ortho nitro benzene ring substituents is 1. The topological polar surface area (TPSA) is 102 Å². The van der Waals surface area contributed by atoms with E-state index in [-0.39, 0.29) is 38.7 Å². The molecular formula is C22H12Cl2N2O5. The summed E-state index contributed by atoms with van der Waals surface area (Å²) in [5, 5.41) is 14.4. The molecule has 1 aromatic heterocycles. The van der Waals surface area contributed by atoms with Crippen molar-refractivity contribution in [3.8, 4) is 11.1 Å². The van der Waals surface area contributed by atoms with Crippen LogP contribution in [0.2, 0.25) is 10.0 Å².